The van der Waals surface area contributed by atoms with Crippen molar-refractivity contribution in [2.45, 2.75) is 39.2 Å². The van der Waals surface area contributed by atoms with Crippen LogP contribution in [0, 0.1) is 0 Å². The number of likely N-dealkylation sites (N-methyl/N-ethyl adjacent to an activating group) is 1. The van der Waals surface area contributed by atoms with Gasteiger partial charge in [0.15, 0.2) is 0 Å². The monoisotopic (exact) mass is 200 g/mol. The first-order valence-corrected chi connectivity index (χ1v) is 5.48. The standard InChI is InChI=1S/C11H24N2O/c1-5-13(4)11(10(2)14)8-6-7-9-12-3/h11-12H,5-9H2,1-4H3. The molecule has 14 heavy (non-hydrogen) atoms. The molecule has 0 rings (SSSR count). The van der Waals surface area contributed by atoms with Crippen LogP contribution in [-0.2, 0) is 4.79 Å². The van der Waals surface area contributed by atoms with Gasteiger partial charge in [0.1, 0.15) is 5.78 Å². The van der Waals surface area contributed by atoms with E-state index in [4.69, 9.17) is 0 Å². The number of carbonyl (C=O) groups excluding carboxylic acids is 1. The second-order valence-corrected chi connectivity index (χ2v) is 3.80. The number of rotatable bonds is 8. The highest BCUT2D eigenvalue weighted by Gasteiger charge is 2.17. The summed E-state index contributed by atoms with van der Waals surface area (Å²) in [6.45, 7) is 5.76. The molecule has 0 aromatic rings. The Labute approximate surface area is 87.9 Å². The molecule has 0 saturated carbocycles. The molecular weight excluding hydrogens is 176 g/mol. The van der Waals surface area contributed by atoms with Gasteiger partial charge in [-0.2, -0.15) is 0 Å². The second kappa shape index (κ2) is 7.94. The molecule has 0 heterocycles. The number of unbranched alkanes of at least 4 members (excludes halogenated alkanes) is 1. The maximum atomic E-state index is 11.4. The van der Waals surface area contributed by atoms with Gasteiger partial charge in [-0.3, -0.25) is 9.69 Å². The molecule has 0 aromatic carbocycles. The predicted octanol–water partition coefficient (Wildman–Crippen LogP) is 1.29. The van der Waals surface area contributed by atoms with Crippen LogP contribution in [0.15, 0.2) is 0 Å². The van der Waals surface area contributed by atoms with E-state index in [2.05, 4.69) is 17.1 Å². The maximum absolute atomic E-state index is 11.4. The van der Waals surface area contributed by atoms with E-state index in [1.165, 1.54) is 0 Å². The van der Waals surface area contributed by atoms with E-state index >= 15 is 0 Å². The molecule has 1 atom stereocenters. The van der Waals surface area contributed by atoms with Gasteiger partial charge in [0.05, 0.1) is 6.04 Å². The summed E-state index contributed by atoms with van der Waals surface area (Å²) in [5.74, 6) is 0.291. The number of carbonyl (C=O) groups is 1. The van der Waals surface area contributed by atoms with Crippen molar-refractivity contribution in [2.24, 2.45) is 0 Å². The van der Waals surface area contributed by atoms with Crippen molar-refractivity contribution in [3.8, 4) is 0 Å². The average molecular weight is 200 g/mol. The van der Waals surface area contributed by atoms with Gasteiger partial charge in [0.2, 0.25) is 0 Å². The topological polar surface area (TPSA) is 32.3 Å². The smallest absolute Gasteiger partial charge is 0.146 e. The van der Waals surface area contributed by atoms with Gasteiger partial charge >= 0.3 is 0 Å². The fraction of sp³-hybridized carbons (Fsp3) is 0.909. The Balaban J connectivity index is 3.80. The van der Waals surface area contributed by atoms with E-state index in [-0.39, 0.29) is 6.04 Å². The van der Waals surface area contributed by atoms with Crippen molar-refractivity contribution >= 4 is 5.78 Å². The van der Waals surface area contributed by atoms with Gasteiger partial charge in [-0.05, 0) is 47.0 Å². The molecule has 1 N–H and O–H groups in total. The minimum atomic E-state index is 0.122. The molecule has 0 radical (unpaired) electrons. The summed E-state index contributed by atoms with van der Waals surface area (Å²) < 4.78 is 0. The van der Waals surface area contributed by atoms with Gasteiger partial charge in [-0.1, -0.05) is 13.3 Å². The summed E-state index contributed by atoms with van der Waals surface area (Å²) >= 11 is 0. The molecule has 0 aliphatic rings. The zero-order valence-electron chi connectivity index (χ0n) is 9.97. The Morgan fingerprint density at radius 3 is 2.50 bits per heavy atom. The minimum Gasteiger partial charge on any atom is -0.320 e. The van der Waals surface area contributed by atoms with Crippen LogP contribution in [0.2, 0.25) is 0 Å². The van der Waals surface area contributed by atoms with Gasteiger partial charge in [-0.25, -0.2) is 0 Å². The first kappa shape index (κ1) is 13.6. The number of nitrogens with one attached hydrogen (secondary N) is 1. The van der Waals surface area contributed by atoms with Crippen molar-refractivity contribution in [1.29, 1.82) is 0 Å². The average Bonchev–Trinajstić information content (AvgIpc) is 2.16. The number of hydrogen-bond acceptors (Lipinski definition) is 3. The van der Waals surface area contributed by atoms with Crippen LogP contribution in [0.3, 0.4) is 0 Å². The van der Waals surface area contributed by atoms with Crippen LogP contribution in [0.5, 0.6) is 0 Å². The summed E-state index contributed by atoms with van der Waals surface area (Å²) in [4.78, 5) is 13.5. The highest BCUT2D eigenvalue weighted by Crippen LogP contribution is 2.07. The third-order valence-corrected chi connectivity index (χ3v) is 2.65. The van der Waals surface area contributed by atoms with E-state index in [0.717, 1.165) is 32.4 Å². The first-order chi connectivity index (χ1) is 6.63. The van der Waals surface area contributed by atoms with Crippen molar-refractivity contribution < 1.29 is 4.79 Å². The Hall–Kier alpha value is -0.410. The van der Waals surface area contributed by atoms with E-state index in [9.17, 15) is 4.79 Å². The summed E-state index contributed by atoms with van der Waals surface area (Å²) in [6, 6.07) is 0.122. The maximum Gasteiger partial charge on any atom is 0.146 e. The molecule has 0 aliphatic heterocycles. The highest BCUT2D eigenvalue weighted by atomic mass is 16.1. The highest BCUT2D eigenvalue weighted by molar-refractivity contribution is 5.81. The van der Waals surface area contributed by atoms with Crippen LogP contribution in [0.25, 0.3) is 0 Å². The van der Waals surface area contributed by atoms with E-state index in [1.54, 1.807) is 6.92 Å². The normalized spacial score (nSPS) is 13.2. The third kappa shape index (κ3) is 5.35. The summed E-state index contributed by atoms with van der Waals surface area (Å²) in [5, 5.41) is 3.12. The lowest BCUT2D eigenvalue weighted by Crippen LogP contribution is -2.37. The minimum absolute atomic E-state index is 0.122. The van der Waals surface area contributed by atoms with Crippen LogP contribution >= 0.6 is 0 Å². The molecule has 0 bridgehead atoms. The van der Waals surface area contributed by atoms with Crippen molar-refractivity contribution in [2.75, 3.05) is 27.2 Å². The molecule has 0 fully saturated rings. The van der Waals surface area contributed by atoms with Crippen LogP contribution in [0.1, 0.15) is 33.1 Å². The van der Waals surface area contributed by atoms with E-state index in [0.29, 0.717) is 5.78 Å². The Bertz CT molecular complexity index is 159. The zero-order valence-corrected chi connectivity index (χ0v) is 9.97. The number of nitrogens with zero attached hydrogens (tertiary/aromatic N) is 1. The Morgan fingerprint density at radius 1 is 1.43 bits per heavy atom. The Kier molecular flexibility index (Phi) is 7.71. The zero-order chi connectivity index (χ0) is 11.0. The molecule has 0 aliphatic carbocycles. The van der Waals surface area contributed by atoms with Crippen molar-refractivity contribution in [1.82, 2.24) is 10.2 Å². The molecule has 1 unspecified atom stereocenters. The predicted molar refractivity (Wildman–Crippen MR) is 60.6 cm³/mol. The van der Waals surface area contributed by atoms with Crippen molar-refractivity contribution in [3.05, 3.63) is 0 Å². The molecule has 0 saturated heterocycles. The summed E-state index contributed by atoms with van der Waals surface area (Å²) in [7, 11) is 3.98. The number of ketones is 1. The van der Waals surface area contributed by atoms with E-state index in [1.807, 2.05) is 14.1 Å². The van der Waals surface area contributed by atoms with Gasteiger partial charge in [0, 0.05) is 0 Å². The van der Waals surface area contributed by atoms with Crippen LogP contribution in [0.4, 0.5) is 0 Å². The number of Topliss-reactive ketones (excluding diaryl/α,β-unsaturated/α-hetero) is 1. The number of hydrogen-bond donors (Lipinski definition) is 1. The quantitative estimate of drug-likeness (QED) is 0.599. The van der Waals surface area contributed by atoms with Gasteiger partial charge in [-0.15, -0.1) is 0 Å². The molecule has 84 valence electrons. The lowest BCUT2D eigenvalue weighted by atomic mass is 10.0. The molecule has 0 aromatic heterocycles. The lowest BCUT2D eigenvalue weighted by molar-refractivity contribution is -0.121. The molecule has 3 heteroatoms. The largest absolute Gasteiger partial charge is 0.320 e. The van der Waals surface area contributed by atoms with Crippen LogP contribution in [-0.4, -0.2) is 43.9 Å². The van der Waals surface area contributed by atoms with Gasteiger partial charge in [0.25, 0.3) is 0 Å². The fourth-order valence-corrected chi connectivity index (χ4v) is 1.59. The fourth-order valence-electron chi connectivity index (χ4n) is 1.59. The van der Waals surface area contributed by atoms with Crippen LogP contribution < -0.4 is 5.32 Å². The Morgan fingerprint density at radius 2 is 2.07 bits per heavy atom. The molecule has 3 nitrogen and oxygen atoms in total. The van der Waals surface area contributed by atoms with E-state index < -0.39 is 0 Å². The molecule has 0 amide bonds. The SMILES string of the molecule is CCN(C)C(CCCCNC)C(C)=O. The second-order valence-electron chi connectivity index (χ2n) is 3.80. The summed E-state index contributed by atoms with van der Waals surface area (Å²) in [5.41, 5.74) is 0. The molecule has 0 spiro atoms. The van der Waals surface area contributed by atoms with Crippen molar-refractivity contribution in [3.63, 3.8) is 0 Å². The first-order valence-electron chi connectivity index (χ1n) is 5.48. The third-order valence-electron chi connectivity index (χ3n) is 2.65. The van der Waals surface area contributed by atoms with Gasteiger partial charge < -0.3 is 5.32 Å². The lowest BCUT2D eigenvalue weighted by Gasteiger charge is -2.24. The summed E-state index contributed by atoms with van der Waals surface area (Å²) in [6.07, 6.45) is 3.26. The molecular formula is C11H24N2O.